The lowest BCUT2D eigenvalue weighted by atomic mass is 9.96. The van der Waals surface area contributed by atoms with Gasteiger partial charge in [-0.1, -0.05) is 12.1 Å². The van der Waals surface area contributed by atoms with Gasteiger partial charge in [0.1, 0.15) is 29.1 Å². The first kappa shape index (κ1) is 14.4. The first-order chi connectivity index (χ1) is 11.0. The molecule has 0 aliphatic carbocycles. The highest BCUT2D eigenvalue weighted by Crippen LogP contribution is 2.30. The molecule has 3 rings (SSSR count). The quantitative estimate of drug-likeness (QED) is 0.706. The van der Waals surface area contributed by atoms with Gasteiger partial charge in [0.05, 0.1) is 5.52 Å². The minimum absolute atomic E-state index is 0.0520. The summed E-state index contributed by atoms with van der Waals surface area (Å²) in [7, 11) is 1.83. The van der Waals surface area contributed by atoms with E-state index in [-0.39, 0.29) is 22.5 Å². The largest absolute Gasteiger partial charge is 0.384 e. The molecule has 1 aromatic carbocycles. The van der Waals surface area contributed by atoms with E-state index in [9.17, 15) is 15.3 Å². The summed E-state index contributed by atoms with van der Waals surface area (Å²) in [5.74, 6) is -0.0520. The number of nitrogens with two attached hydrogens (primary N) is 1. The Hall–Kier alpha value is -3.58. The third kappa shape index (κ3) is 2.03. The summed E-state index contributed by atoms with van der Waals surface area (Å²) in [6, 6.07) is 9.17. The van der Waals surface area contributed by atoms with Crippen molar-refractivity contribution in [3.63, 3.8) is 0 Å². The number of benzene rings is 1. The van der Waals surface area contributed by atoms with E-state index in [0.717, 1.165) is 11.1 Å². The van der Waals surface area contributed by atoms with Crippen LogP contribution in [0.25, 0.3) is 22.0 Å². The number of aromatic nitrogens is 3. The summed E-state index contributed by atoms with van der Waals surface area (Å²) < 4.78 is 1.75. The predicted molar refractivity (Wildman–Crippen MR) is 85.4 cm³/mol. The van der Waals surface area contributed by atoms with Gasteiger partial charge >= 0.3 is 0 Å². The van der Waals surface area contributed by atoms with Gasteiger partial charge in [-0.3, -0.25) is 9.48 Å². The van der Waals surface area contributed by atoms with Gasteiger partial charge in [0.2, 0.25) is 0 Å². The van der Waals surface area contributed by atoms with Gasteiger partial charge in [-0.2, -0.15) is 15.6 Å². The molecule has 2 heterocycles. The first-order valence-electron chi connectivity index (χ1n) is 6.77. The molecule has 0 saturated carbocycles. The van der Waals surface area contributed by atoms with Gasteiger partial charge in [0.25, 0.3) is 5.56 Å². The standard InChI is InChI=1S/C16H12N6O/c1-8-10-4-3-9(5-13(10)21-22(8)2)14-11(6-17)15(19)20-16(23)12(14)7-18/h3-5H,1-2H3,(H3,19,20,23). The van der Waals surface area contributed by atoms with Crippen molar-refractivity contribution in [2.45, 2.75) is 6.92 Å². The van der Waals surface area contributed by atoms with Gasteiger partial charge in [0, 0.05) is 23.7 Å². The van der Waals surface area contributed by atoms with Crippen LogP contribution in [0, 0.1) is 29.6 Å². The Morgan fingerprint density at radius 1 is 1.26 bits per heavy atom. The van der Waals surface area contributed by atoms with Crippen LogP contribution < -0.4 is 11.3 Å². The molecule has 0 bridgehead atoms. The van der Waals surface area contributed by atoms with Crippen LogP contribution in [-0.4, -0.2) is 14.8 Å². The number of aromatic amines is 1. The lowest BCUT2D eigenvalue weighted by Crippen LogP contribution is -2.16. The van der Waals surface area contributed by atoms with Gasteiger partial charge < -0.3 is 10.7 Å². The Balaban J connectivity index is 2.41. The van der Waals surface area contributed by atoms with E-state index in [2.05, 4.69) is 10.1 Å². The summed E-state index contributed by atoms with van der Waals surface area (Å²) >= 11 is 0. The number of nitriles is 2. The maximum absolute atomic E-state index is 12.0. The van der Waals surface area contributed by atoms with Crippen molar-refractivity contribution in [2.24, 2.45) is 7.05 Å². The van der Waals surface area contributed by atoms with Crippen molar-refractivity contribution in [2.75, 3.05) is 5.73 Å². The summed E-state index contributed by atoms with van der Waals surface area (Å²) in [5, 5.41) is 24.0. The molecule has 0 amide bonds. The smallest absolute Gasteiger partial charge is 0.268 e. The average Bonchev–Trinajstić information content (AvgIpc) is 2.81. The summed E-state index contributed by atoms with van der Waals surface area (Å²) in [5.41, 5.74) is 7.56. The number of hydrogen-bond donors (Lipinski definition) is 2. The molecule has 0 aliphatic rings. The molecule has 0 spiro atoms. The highest BCUT2D eigenvalue weighted by atomic mass is 16.1. The fourth-order valence-corrected chi connectivity index (χ4v) is 2.62. The molecule has 0 aliphatic heterocycles. The van der Waals surface area contributed by atoms with Crippen LogP contribution in [0.2, 0.25) is 0 Å². The second kappa shape index (κ2) is 5.00. The number of nitrogens with zero attached hydrogens (tertiary/aromatic N) is 4. The second-order valence-corrected chi connectivity index (χ2v) is 5.16. The molecule has 7 heteroatoms. The Morgan fingerprint density at radius 3 is 2.61 bits per heavy atom. The van der Waals surface area contributed by atoms with Crippen LogP contribution in [-0.2, 0) is 7.05 Å². The highest BCUT2D eigenvalue weighted by Gasteiger charge is 2.19. The molecule has 3 aromatic rings. The van der Waals surface area contributed by atoms with Gasteiger partial charge in [-0.15, -0.1) is 0 Å². The number of nitrogen functional groups attached to an aromatic ring is 1. The van der Waals surface area contributed by atoms with E-state index in [0.29, 0.717) is 11.1 Å². The highest BCUT2D eigenvalue weighted by molar-refractivity contribution is 5.89. The van der Waals surface area contributed by atoms with Crippen molar-refractivity contribution < 1.29 is 0 Å². The van der Waals surface area contributed by atoms with Gasteiger partial charge in [0.15, 0.2) is 0 Å². The molecule has 0 radical (unpaired) electrons. The molecular weight excluding hydrogens is 292 g/mol. The van der Waals surface area contributed by atoms with Crippen LogP contribution in [0.5, 0.6) is 0 Å². The van der Waals surface area contributed by atoms with Crippen LogP contribution in [0.15, 0.2) is 23.0 Å². The number of H-pyrrole nitrogens is 1. The molecular formula is C16H12N6O. The molecule has 0 saturated heterocycles. The Kier molecular flexibility index (Phi) is 3.12. The minimum atomic E-state index is -0.615. The number of fused-ring (bicyclic) bond motifs is 1. The maximum atomic E-state index is 12.0. The fraction of sp³-hybridized carbons (Fsp3) is 0.125. The normalized spacial score (nSPS) is 10.4. The average molecular weight is 304 g/mol. The minimum Gasteiger partial charge on any atom is -0.384 e. The monoisotopic (exact) mass is 304 g/mol. The topological polar surface area (TPSA) is 124 Å². The SMILES string of the molecule is Cc1c2ccc(-c3c(C#N)c(N)[nH]c(=O)c3C#N)cc2nn1C. The van der Waals surface area contributed by atoms with Crippen molar-refractivity contribution in [1.29, 1.82) is 10.5 Å². The number of anilines is 1. The zero-order valence-corrected chi connectivity index (χ0v) is 12.5. The number of aryl methyl sites for hydroxylation is 2. The predicted octanol–water partition coefficient (Wildman–Crippen LogP) is 1.56. The Labute approximate surface area is 131 Å². The fourth-order valence-electron chi connectivity index (χ4n) is 2.62. The Bertz CT molecular complexity index is 1090. The zero-order chi connectivity index (χ0) is 16.7. The van der Waals surface area contributed by atoms with Crippen molar-refractivity contribution >= 4 is 16.7 Å². The van der Waals surface area contributed by atoms with E-state index in [1.54, 1.807) is 16.8 Å². The molecule has 112 valence electrons. The summed E-state index contributed by atoms with van der Waals surface area (Å²) in [6.07, 6.45) is 0. The molecule has 0 fully saturated rings. The molecule has 7 nitrogen and oxygen atoms in total. The number of rotatable bonds is 1. The van der Waals surface area contributed by atoms with E-state index in [1.807, 2.05) is 32.2 Å². The summed E-state index contributed by atoms with van der Waals surface area (Å²) in [4.78, 5) is 14.3. The Morgan fingerprint density at radius 2 is 1.96 bits per heavy atom. The maximum Gasteiger partial charge on any atom is 0.268 e. The molecule has 2 aromatic heterocycles. The lowest BCUT2D eigenvalue weighted by molar-refractivity contribution is 0.751. The van der Waals surface area contributed by atoms with Crippen molar-refractivity contribution in [1.82, 2.24) is 14.8 Å². The van der Waals surface area contributed by atoms with E-state index < -0.39 is 5.56 Å². The van der Waals surface area contributed by atoms with E-state index in [1.165, 1.54) is 0 Å². The van der Waals surface area contributed by atoms with Gasteiger partial charge in [-0.25, -0.2) is 0 Å². The van der Waals surface area contributed by atoms with E-state index >= 15 is 0 Å². The third-order valence-electron chi connectivity index (χ3n) is 3.89. The van der Waals surface area contributed by atoms with Crippen molar-refractivity contribution in [3.05, 3.63) is 45.4 Å². The number of hydrogen-bond acceptors (Lipinski definition) is 5. The number of nitrogens with one attached hydrogen (secondary N) is 1. The molecule has 23 heavy (non-hydrogen) atoms. The first-order valence-corrected chi connectivity index (χ1v) is 6.77. The van der Waals surface area contributed by atoms with Crippen molar-refractivity contribution in [3.8, 4) is 23.3 Å². The van der Waals surface area contributed by atoms with Crippen LogP contribution in [0.3, 0.4) is 0 Å². The number of pyridine rings is 1. The van der Waals surface area contributed by atoms with Crippen LogP contribution in [0.1, 0.15) is 16.8 Å². The summed E-state index contributed by atoms with van der Waals surface area (Å²) in [6.45, 7) is 1.95. The lowest BCUT2D eigenvalue weighted by Gasteiger charge is -2.08. The zero-order valence-electron chi connectivity index (χ0n) is 12.5. The van der Waals surface area contributed by atoms with E-state index in [4.69, 9.17) is 5.73 Å². The van der Waals surface area contributed by atoms with Crippen LogP contribution >= 0.6 is 0 Å². The second-order valence-electron chi connectivity index (χ2n) is 5.16. The van der Waals surface area contributed by atoms with Crippen LogP contribution in [0.4, 0.5) is 5.82 Å². The van der Waals surface area contributed by atoms with Gasteiger partial charge in [-0.05, 0) is 18.6 Å². The molecule has 0 atom stereocenters. The third-order valence-corrected chi connectivity index (χ3v) is 3.89. The molecule has 3 N–H and O–H groups in total. The molecule has 0 unspecified atom stereocenters.